The van der Waals surface area contributed by atoms with Crippen LogP contribution in [0.2, 0.25) is 0 Å². The monoisotopic (exact) mass is 397 g/mol. The van der Waals surface area contributed by atoms with Crippen LogP contribution in [0.15, 0.2) is 30.6 Å². The number of amides is 1. The van der Waals surface area contributed by atoms with Crippen LogP contribution in [0.5, 0.6) is 5.75 Å². The Hall–Kier alpha value is -3.16. The summed E-state index contributed by atoms with van der Waals surface area (Å²) in [4.78, 5) is 19.5. The van der Waals surface area contributed by atoms with E-state index in [1.807, 2.05) is 26.8 Å². The van der Waals surface area contributed by atoms with Crippen LogP contribution in [0, 0.1) is 12.7 Å². The Labute approximate surface area is 168 Å². The third-order valence-corrected chi connectivity index (χ3v) is 5.21. The highest BCUT2D eigenvalue weighted by molar-refractivity contribution is 5.99. The molecule has 7 nitrogen and oxygen atoms in total. The number of carbonyl (C=O) groups is 1. The molecule has 152 valence electrons. The number of anilines is 1. The van der Waals surface area contributed by atoms with Crippen molar-refractivity contribution in [1.82, 2.24) is 19.9 Å². The average Bonchev–Trinajstić information content (AvgIpc) is 3.11. The first kappa shape index (κ1) is 19.2. The Morgan fingerprint density at radius 1 is 1.31 bits per heavy atom. The molecule has 3 heterocycles. The summed E-state index contributed by atoms with van der Waals surface area (Å²) in [6.07, 6.45) is 3.00. The molecule has 0 radical (unpaired) electrons. The number of nitrogens with zero attached hydrogens (tertiary/aromatic N) is 4. The van der Waals surface area contributed by atoms with Gasteiger partial charge >= 0.3 is 0 Å². The van der Waals surface area contributed by atoms with Gasteiger partial charge < -0.3 is 15.0 Å². The van der Waals surface area contributed by atoms with Crippen LogP contribution >= 0.6 is 0 Å². The summed E-state index contributed by atoms with van der Waals surface area (Å²) in [5.41, 5.74) is 2.20. The molecule has 1 amide bonds. The number of aromatic nitrogens is 3. The summed E-state index contributed by atoms with van der Waals surface area (Å²) in [5.74, 6) is 0.761. The average molecular weight is 397 g/mol. The Bertz CT molecular complexity index is 1080. The number of benzene rings is 1. The predicted octanol–water partition coefficient (Wildman–Crippen LogP) is 3.10. The SMILES string of the molecule is Cc1c(F)ccc2c1CN(C(C)C)c1ccn3ncc(c3n1)C(=O)NC[C@H](C)O2. The lowest BCUT2D eigenvalue weighted by molar-refractivity contribution is 0.0933. The molecular formula is C21H24FN5O2. The van der Waals surface area contributed by atoms with Crippen molar-refractivity contribution in [2.45, 2.75) is 46.4 Å². The molecule has 4 rings (SSSR count). The maximum Gasteiger partial charge on any atom is 0.256 e. The zero-order valence-corrected chi connectivity index (χ0v) is 16.9. The van der Waals surface area contributed by atoms with E-state index in [1.165, 1.54) is 12.3 Å². The van der Waals surface area contributed by atoms with E-state index in [9.17, 15) is 9.18 Å². The van der Waals surface area contributed by atoms with Crippen molar-refractivity contribution in [3.8, 4) is 5.75 Å². The van der Waals surface area contributed by atoms with E-state index in [0.717, 1.165) is 5.56 Å². The molecule has 0 saturated heterocycles. The van der Waals surface area contributed by atoms with Gasteiger partial charge in [0.2, 0.25) is 0 Å². The Morgan fingerprint density at radius 2 is 2.10 bits per heavy atom. The normalized spacial score (nSPS) is 17.4. The number of rotatable bonds is 1. The molecule has 1 N–H and O–H groups in total. The molecular weight excluding hydrogens is 373 g/mol. The maximum absolute atomic E-state index is 14.4. The lowest BCUT2D eigenvalue weighted by Gasteiger charge is -2.30. The Balaban J connectivity index is 1.90. The van der Waals surface area contributed by atoms with E-state index in [0.29, 0.717) is 41.4 Å². The molecule has 1 aliphatic heterocycles. The molecule has 0 spiro atoms. The summed E-state index contributed by atoms with van der Waals surface area (Å²) >= 11 is 0. The molecule has 3 aromatic rings. The van der Waals surface area contributed by atoms with Gasteiger partial charge in [0, 0.05) is 24.3 Å². The molecule has 29 heavy (non-hydrogen) atoms. The zero-order valence-electron chi connectivity index (χ0n) is 16.9. The van der Waals surface area contributed by atoms with Crippen molar-refractivity contribution in [2.24, 2.45) is 0 Å². The van der Waals surface area contributed by atoms with E-state index in [4.69, 9.17) is 9.72 Å². The second kappa shape index (κ2) is 7.35. The largest absolute Gasteiger partial charge is 0.489 e. The molecule has 1 atom stereocenters. The number of ether oxygens (including phenoxy) is 1. The first-order valence-corrected chi connectivity index (χ1v) is 9.69. The first-order chi connectivity index (χ1) is 13.8. The van der Waals surface area contributed by atoms with Crippen LogP contribution in [0.25, 0.3) is 5.65 Å². The molecule has 0 unspecified atom stereocenters. The van der Waals surface area contributed by atoms with Gasteiger partial charge in [-0.05, 0) is 51.5 Å². The minimum Gasteiger partial charge on any atom is -0.489 e. The number of hydrogen-bond acceptors (Lipinski definition) is 5. The summed E-state index contributed by atoms with van der Waals surface area (Å²) < 4.78 is 22.0. The van der Waals surface area contributed by atoms with Crippen LogP contribution in [0.3, 0.4) is 0 Å². The van der Waals surface area contributed by atoms with Gasteiger partial charge in [-0.2, -0.15) is 5.10 Å². The number of halogens is 1. The highest BCUT2D eigenvalue weighted by Crippen LogP contribution is 2.30. The van der Waals surface area contributed by atoms with E-state index in [2.05, 4.69) is 15.3 Å². The fourth-order valence-corrected chi connectivity index (χ4v) is 3.48. The Morgan fingerprint density at radius 3 is 2.86 bits per heavy atom. The van der Waals surface area contributed by atoms with Crippen molar-refractivity contribution in [3.63, 3.8) is 0 Å². The van der Waals surface area contributed by atoms with Crippen LogP contribution in [-0.2, 0) is 6.54 Å². The van der Waals surface area contributed by atoms with Crippen LogP contribution in [0.1, 0.15) is 42.3 Å². The molecule has 2 bridgehead atoms. The molecule has 1 aromatic carbocycles. The van der Waals surface area contributed by atoms with Gasteiger partial charge in [0.05, 0.1) is 12.7 Å². The predicted molar refractivity (Wildman–Crippen MR) is 108 cm³/mol. The van der Waals surface area contributed by atoms with Crippen molar-refractivity contribution in [1.29, 1.82) is 0 Å². The standard InChI is InChI=1S/C21H24FN5O2/c1-12(2)26-11-16-14(4)17(22)5-6-18(16)29-13(3)9-23-21(28)15-10-24-27-8-7-19(26)25-20(15)27/h5-8,10,12-13H,9,11H2,1-4H3,(H,23,28)/t13-/m0/s1. The smallest absolute Gasteiger partial charge is 0.256 e. The molecule has 0 aliphatic carbocycles. The first-order valence-electron chi connectivity index (χ1n) is 9.69. The van der Waals surface area contributed by atoms with E-state index in [-0.39, 0.29) is 23.9 Å². The number of fused-ring (bicyclic) bond motifs is 2. The summed E-state index contributed by atoms with van der Waals surface area (Å²) in [6.45, 7) is 8.45. The third-order valence-electron chi connectivity index (χ3n) is 5.21. The number of hydrogen-bond donors (Lipinski definition) is 1. The van der Waals surface area contributed by atoms with Crippen LogP contribution in [0.4, 0.5) is 10.2 Å². The maximum atomic E-state index is 14.4. The fraction of sp³-hybridized carbons (Fsp3) is 0.381. The van der Waals surface area contributed by atoms with Gasteiger partial charge in [0.25, 0.3) is 5.91 Å². The number of carbonyl (C=O) groups excluding carboxylic acids is 1. The number of nitrogens with one attached hydrogen (secondary N) is 1. The van der Waals surface area contributed by atoms with Gasteiger partial charge in [-0.3, -0.25) is 4.79 Å². The topological polar surface area (TPSA) is 71.8 Å². The summed E-state index contributed by atoms with van der Waals surface area (Å²) in [5, 5.41) is 7.10. The summed E-state index contributed by atoms with van der Waals surface area (Å²) in [6, 6.07) is 5.00. The Kier molecular flexibility index (Phi) is 4.86. The van der Waals surface area contributed by atoms with Gasteiger partial charge in [0.1, 0.15) is 29.1 Å². The molecule has 2 aromatic heterocycles. The highest BCUT2D eigenvalue weighted by Gasteiger charge is 2.23. The highest BCUT2D eigenvalue weighted by atomic mass is 19.1. The molecule has 1 aliphatic rings. The summed E-state index contributed by atoms with van der Waals surface area (Å²) in [7, 11) is 0. The van der Waals surface area contributed by atoms with Crippen LogP contribution < -0.4 is 15.0 Å². The second-order valence-corrected chi connectivity index (χ2v) is 7.62. The molecule has 0 fully saturated rings. The second-order valence-electron chi connectivity index (χ2n) is 7.62. The third kappa shape index (κ3) is 3.50. The minimum atomic E-state index is -0.294. The van der Waals surface area contributed by atoms with Crippen molar-refractivity contribution < 1.29 is 13.9 Å². The van der Waals surface area contributed by atoms with E-state index in [1.54, 1.807) is 23.7 Å². The van der Waals surface area contributed by atoms with Crippen molar-refractivity contribution in [2.75, 3.05) is 11.4 Å². The minimum absolute atomic E-state index is 0.0863. The fourth-order valence-electron chi connectivity index (χ4n) is 3.48. The molecule has 0 saturated carbocycles. The van der Waals surface area contributed by atoms with Gasteiger partial charge in [-0.1, -0.05) is 0 Å². The van der Waals surface area contributed by atoms with E-state index >= 15 is 0 Å². The van der Waals surface area contributed by atoms with Crippen molar-refractivity contribution >= 4 is 17.4 Å². The lowest BCUT2D eigenvalue weighted by Crippen LogP contribution is -2.34. The molecule has 8 heteroatoms. The van der Waals surface area contributed by atoms with Gasteiger partial charge in [-0.25, -0.2) is 13.9 Å². The lowest BCUT2D eigenvalue weighted by atomic mass is 10.1. The van der Waals surface area contributed by atoms with Gasteiger partial charge in [0.15, 0.2) is 5.65 Å². The van der Waals surface area contributed by atoms with Crippen LogP contribution in [-0.4, -0.2) is 39.2 Å². The zero-order chi connectivity index (χ0) is 20.7. The van der Waals surface area contributed by atoms with Crippen molar-refractivity contribution in [3.05, 3.63) is 53.1 Å². The van der Waals surface area contributed by atoms with Gasteiger partial charge in [-0.15, -0.1) is 0 Å². The van der Waals surface area contributed by atoms with E-state index < -0.39 is 0 Å². The quantitative estimate of drug-likeness (QED) is 0.683.